The topological polar surface area (TPSA) is 69.2 Å². The Balaban J connectivity index is 1.73. The highest BCUT2D eigenvalue weighted by atomic mass is 35.5. The number of nitrogens with one attached hydrogen (secondary N) is 1. The van der Waals surface area contributed by atoms with E-state index >= 15 is 0 Å². The molecule has 1 amide bonds. The van der Waals surface area contributed by atoms with E-state index in [0.717, 1.165) is 29.5 Å². The number of amides is 1. The summed E-state index contributed by atoms with van der Waals surface area (Å²) in [6.45, 7) is 0.674. The van der Waals surface area contributed by atoms with Gasteiger partial charge in [0.05, 0.1) is 17.3 Å². The van der Waals surface area contributed by atoms with Crippen molar-refractivity contribution < 1.29 is 9.90 Å². The molecule has 6 heteroatoms. The average Bonchev–Trinajstić information content (AvgIpc) is 3.30. The standard InChI is InChI=1S/C20H18ClN3O2/c21-17-12-22-23-19(17)20(26)24-10-4-9-18(24)16-8-2-1-7-15(16)13-5-3-6-14(25)11-13/h1-3,5-8,11-12,18,25H,4,9-10H2,(H,22,23)/t18-/m0/s1. The summed E-state index contributed by atoms with van der Waals surface area (Å²) in [7, 11) is 0. The molecule has 132 valence electrons. The van der Waals surface area contributed by atoms with E-state index in [0.29, 0.717) is 17.3 Å². The second-order valence-electron chi connectivity index (χ2n) is 6.39. The minimum atomic E-state index is -0.138. The summed E-state index contributed by atoms with van der Waals surface area (Å²) in [5.74, 6) is 0.0848. The van der Waals surface area contributed by atoms with E-state index in [-0.39, 0.29) is 17.7 Å². The van der Waals surface area contributed by atoms with Gasteiger partial charge in [-0.25, -0.2) is 0 Å². The van der Waals surface area contributed by atoms with Crippen LogP contribution in [0.25, 0.3) is 11.1 Å². The van der Waals surface area contributed by atoms with Crippen LogP contribution < -0.4 is 0 Å². The van der Waals surface area contributed by atoms with Crippen LogP contribution in [0.1, 0.15) is 34.9 Å². The van der Waals surface area contributed by atoms with E-state index < -0.39 is 0 Å². The first kappa shape index (κ1) is 16.7. The fourth-order valence-corrected chi connectivity index (χ4v) is 3.79. The lowest BCUT2D eigenvalue weighted by Crippen LogP contribution is -2.31. The van der Waals surface area contributed by atoms with Gasteiger partial charge in [0.25, 0.3) is 5.91 Å². The van der Waals surface area contributed by atoms with Crippen molar-refractivity contribution in [3.63, 3.8) is 0 Å². The van der Waals surface area contributed by atoms with Gasteiger partial charge in [0, 0.05) is 6.54 Å². The lowest BCUT2D eigenvalue weighted by Gasteiger charge is -2.26. The van der Waals surface area contributed by atoms with Gasteiger partial charge in [0.2, 0.25) is 0 Å². The Hall–Kier alpha value is -2.79. The zero-order valence-corrected chi connectivity index (χ0v) is 14.8. The largest absolute Gasteiger partial charge is 0.508 e. The molecular weight excluding hydrogens is 350 g/mol. The summed E-state index contributed by atoms with van der Waals surface area (Å²) < 4.78 is 0. The van der Waals surface area contributed by atoms with E-state index in [9.17, 15) is 9.90 Å². The summed E-state index contributed by atoms with van der Waals surface area (Å²) >= 11 is 6.08. The first-order chi connectivity index (χ1) is 12.6. The van der Waals surface area contributed by atoms with Crippen LogP contribution in [0.2, 0.25) is 5.02 Å². The van der Waals surface area contributed by atoms with Crippen LogP contribution >= 0.6 is 11.6 Å². The van der Waals surface area contributed by atoms with Crippen molar-refractivity contribution in [1.82, 2.24) is 15.1 Å². The van der Waals surface area contributed by atoms with Crippen LogP contribution in [0.15, 0.2) is 54.7 Å². The normalized spacial score (nSPS) is 16.8. The van der Waals surface area contributed by atoms with Crippen molar-refractivity contribution >= 4 is 17.5 Å². The van der Waals surface area contributed by atoms with Gasteiger partial charge >= 0.3 is 0 Å². The fraction of sp³-hybridized carbons (Fsp3) is 0.200. The Bertz CT molecular complexity index is 953. The molecule has 0 unspecified atom stereocenters. The third-order valence-electron chi connectivity index (χ3n) is 4.80. The number of hydrogen-bond acceptors (Lipinski definition) is 3. The average molecular weight is 368 g/mol. The highest BCUT2D eigenvalue weighted by Crippen LogP contribution is 2.39. The third kappa shape index (κ3) is 2.95. The smallest absolute Gasteiger partial charge is 0.273 e. The molecule has 1 atom stereocenters. The molecule has 1 aliphatic heterocycles. The Labute approximate surface area is 156 Å². The van der Waals surface area contributed by atoms with E-state index in [4.69, 9.17) is 11.6 Å². The predicted molar refractivity (Wildman–Crippen MR) is 100 cm³/mol. The fourth-order valence-electron chi connectivity index (χ4n) is 3.62. The van der Waals surface area contributed by atoms with Crippen molar-refractivity contribution in [2.75, 3.05) is 6.54 Å². The van der Waals surface area contributed by atoms with Crippen molar-refractivity contribution in [3.8, 4) is 16.9 Å². The summed E-state index contributed by atoms with van der Waals surface area (Å²) in [5.41, 5.74) is 3.34. The maximum Gasteiger partial charge on any atom is 0.273 e. The van der Waals surface area contributed by atoms with Gasteiger partial charge in [-0.1, -0.05) is 48.0 Å². The van der Waals surface area contributed by atoms with Gasteiger partial charge in [0.15, 0.2) is 0 Å². The van der Waals surface area contributed by atoms with Crippen LogP contribution in [-0.2, 0) is 0 Å². The first-order valence-corrected chi connectivity index (χ1v) is 8.91. The zero-order chi connectivity index (χ0) is 18.1. The van der Waals surface area contributed by atoms with Gasteiger partial charge in [0.1, 0.15) is 11.4 Å². The molecule has 2 N–H and O–H groups in total. The number of phenols is 1. The van der Waals surface area contributed by atoms with Crippen molar-refractivity contribution in [2.45, 2.75) is 18.9 Å². The minimum Gasteiger partial charge on any atom is -0.508 e. The van der Waals surface area contributed by atoms with Gasteiger partial charge in [-0.2, -0.15) is 5.10 Å². The lowest BCUT2D eigenvalue weighted by molar-refractivity contribution is 0.0730. The number of carbonyl (C=O) groups is 1. The van der Waals surface area contributed by atoms with Crippen LogP contribution in [0.5, 0.6) is 5.75 Å². The van der Waals surface area contributed by atoms with Crippen LogP contribution in [-0.4, -0.2) is 32.7 Å². The maximum absolute atomic E-state index is 12.9. The van der Waals surface area contributed by atoms with Crippen LogP contribution in [0.4, 0.5) is 0 Å². The summed E-state index contributed by atoms with van der Waals surface area (Å²) in [5, 5.41) is 16.7. The Morgan fingerprint density at radius 1 is 1.23 bits per heavy atom. The molecule has 1 fully saturated rings. The number of carbonyl (C=O) groups excluding carboxylic acids is 1. The molecular formula is C20H18ClN3O2. The van der Waals surface area contributed by atoms with Gasteiger partial charge in [-0.15, -0.1) is 0 Å². The molecule has 3 aromatic rings. The molecule has 4 rings (SSSR count). The summed E-state index contributed by atoms with van der Waals surface area (Å²) in [6.07, 6.45) is 3.25. The summed E-state index contributed by atoms with van der Waals surface area (Å²) in [6, 6.07) is 15.2. The second-order valence-corrected chi connectivity index (χ2v) is 6.79. The molecule has 1 saturated heterocycles. The van der Waals surface area contributed by atoms with Crippen molar-refractivity contribution in [2.24, 2.45) is 0 Å². The molecule has 1 aromatic heterocycles. The molecule has 2 aromatic carbocycles. The van der Waals surface area contributed by atoms with Crippen LogP contribution in [0, 0.1) is 0 Å². The highest BCUT2D eigenvalue weighted by molar-refractivity contribution is 6.33. The van der Waals surface area contributed by atoms with Crippen LogP contribution in [0.3, 0.4) is 0 Å². The number of nitrogens with zero attached hydrogens (tertiary/aromatic N) is 2. The number of aromatic nitrogens is 2. The third-order valence-corrected chi connectivity index (χ3v) is 5.08. The quantitative estimate of drug-likeness (QED) is 0.720. The SMILES string of the molecule is O=C(c1[nH]ncc1Cl)N1CCC[C@H]1c1ccccc1-c1cccc(O)c1. The number of hydrogen-bond donors (Lipinski definition) is 2. The van der Waals surface area contributed by atoms with Crippen molar-refractivity contribution in [1.29, 1.82) is 0 Å². The minimum absolute atomic E-state index is 0.0413. The summed E-state index contributed by atoms with van der Waals surface area (Å²) in [4.78, 5) is 14.8. The molecule has 0 saturated carbocycles. The molecule has 0 aliphatic carbocycles. The maximum atomic E-state index is 12.9. The van der Waals surface area contributed by atoms with E-state index in [1.165, 1.54) is 6.20 Å². The molecule has 5 nitrogen and oxygen atoms in total. The van der Waals surface area contributed by atoms with Gasteiger partial charge < -0.3 is 10.0 Å². The van der Waals surface area contributed by atoms with E-state index in [2.05, 4.69) is 10.2 Å². The first-order valence-electron chi connectivity index (χ1n) is 8.53. The zero-order valence-electron chi connectivity index (χ0n) is 14.0. The number of H-pyrrole nitrogens is 1. The number of aromatic hydroxyl groups is 1. The predicted octanol–water partition coefficient (Wildman–Crippen LogP) is 4.41. The van der Waals surface area contributed by atoms with E-state index in [1.54, 1.807) is 12.1 Å². The molecule has 0 radical (unpaired) electrons. The molecule has 0 spiro atoms. The lowest BCUT2D eigenvalue weighted by atomic mass is 9.93. The number of halogens is 1. The number of aromatic amines is 1. The second kappa shape index (κ2) is 6.84. The molecule has 2 heterocycles. The number of likely N-dealkylation sites (tertiary alicyclic amines) is 1. The van der Waals surface area contributed by atoms with Gasteiger partial charge in [-0.3, -0.25) is 9.89 Å². The molecule has 26 heavy (non-hydrogen) atoms. The number of phenolic OH excluding ortho intramolecular Hbond substituents is 1. The molecule has 0 bridgehead atoms. The van der Waals surface area contributed by atoms with E-state index in [1.807, 2.05) is 41.3 Å². The van der Waals surface area contributed by atoms with Crippen molar-refractivity contribution in [3.05, 3.63) is 71.0 Å². The monoisotopic (exact) mass is 367 g/mol. The Morgan fingerprint density at radius 2 is 2.08 bits per heavy atom. The Kier molecular flexibility index (Phi) is 4.39. The number of rotatable bonds is 3. The highest BCUT2D eigenvalue weighted by Gasteiger charge is 2.33. The molecule has 1 aliphatic rings. The number of benzene rings is 2. The van der Waals surface area contributed by atoms with Gasteiger partial charge in [-0.05, 0) is 41.7 Å². The Morgan fingerprint density at radius 3 is 2.85 bits per heavy atom.